The summed E-state index contributed by atoms with van der Waals surface area (Å²) in [5.41, 5.74) is 0. The highest BCUT2D eigenvalue weighted by Gasteiger charge is 2.34. The molecule has 0 aliphatic carbocycles. The van der Waals surface area contributed by atoms with E-state index in [1.54, 1.807) is 0 Å². The maximum atomic E-state index is 4.70. The molecule has 1 unspecified atom stereocenters. The van der Waals surface area contributed by atoms with Crippen molar-refractivity contribution in [1.82, 2.24) is 25.4 Å². The maximum absolute atomic E-state index is 4.70. The predicted molar refractivity (Wildman–Crippen MR) is 75.0 cm³/mol. The van der Waals surface area contributed by atoms with Gasteiger partial charge in [0.1, 0.15) is 5.82 Å². The third kappa shape index (κ3) is 2.82. The van der Waals surface area contributed by atoms with E-state index in [4.69, 9.17) is 4.98 Å². The molecular weight excluding hydrogens is 238 g/mol. The summed E-state index contributed by atoms with van der Waals surface area (Å²) in [6.45, 7) is 5.71. The van der Waals surface area contributed by atoms with Crippen LogP contribution in [0.2, 0.25) is 0 Å². The first-order valence-corrected chi connectivity index (χ1v) is 7.76. The second kappa shape index (κ2) is 6.01. The zero-order valence-electron chi connectivity index (χ0n) is 11.9. The third-order valence-electron chi connectivity index (χ3n) is 4.41. The molecule has 5 nitrogen and oxygen atoms in total. The van der Waals surface area contributed by atoms with Gasteiger partial charge in [-0.05, 0) is 51.7 Å². The van der Waals surface area contributed by atoms with Crippen LogP contribution in [0.1, 0.15) is 56.7 Å². The molecule has 3 rings (SSSR count). The number of likely N-dealkylation sites (tertiary alicyclic amines) is 1. The zero-order chi connectivity index (χ0) is 13.1. The Balaban J connectivity index is 1.70. The Kier molecular flexibility index (Phi) is 4.13. The second-order valence-corrected chi connectivity index (χ2v) is 5.77. The molecule has 0 saturated carbocycles. The summed E-state index contributed by atoms with van der Waals surface area (Å²) >= 11 is 0. The number of aromatic amines is 1. The molecule has 0 spiro atoms. The summed E-state index contributed by atoms with van der Waals surface area (Å²) < 4.78 is 0. The van der Waals surface area contributed by atoms with Crippen LogP contribution in [-0.2, 0) is 6.42 Å². The molecule has 3 heterocycles. The van der Waals surface area contributed by atoms with Crippen molar-refractivity contribution in [3.05, 3.63) is 11.6 Å². The Labute approximate surface area is 115 Å². The molecule has 2 saturated heterocycles. The van der Waals surface area contributed by atoms with Gasteiger partial charge < -0.3 is 5.32 Å². The molecule has 2 N–H and O–H groups in total. The Hall–Kier alpha value is -0.940. The van der Waals surface area contributed by atoms with Crippen LogP contribution < -0.4 is 5.32 Å². The quantitative estimate of drug-likeness (QED) is 0.867. The molecule has 2 aliphatic rings. The molecule has 19 heavy (non-hydrogen) atoms. The molecule has 0 radical (unpaired) electrons. The molecule has 2 aliphatic heterocycles. The first-order valence-electron chi connectivity index (χ1n) is 7.76. The standard InChI is InChI=1S/C14H25N5/c1-2-4-13-16-14(18-17-13)12-5-3-10-19(12)11-6-8-15-9-7-11/h11-12,15H,2-10H2,1H3,(H,16,17,18). The van der Waals surface area contributed by atoms with Crippen molar-refractivity contribution in [3.63, 3.8) is 0 Å². The minimum absolute atomic E-state index is 0.449. The van der Waals surface area contributed by atoms with Gasteiger partial charge in [-0.15, -0.1) is 0 Å². The van der Waals surface area contributed by atoms with Gasteiger partial charge in [-0.1, -0.05) is 6.92 Å². The van der Waals surface area contributed by atoms with E-state index >= 15 is 0 Å². The molecule has 0 bridgehead atoms. The first kappa shape index (κ1) is 13.1. The van der Waals surface area contributed by atoms with Crippen molar-refractivity contribution in [3.8, 4) is 0 Å². The summed E-state index contributed by atoms with van der Waals surface area (Å²) in [5, 5.41) is 11.0. The molecule has 0 aromatic carbocycles. The fraction of sp³-hybridized carbons (Fsp3) is 0.857. The summed E-state index contributed by atoms with van der Waals surface area (Å²) in [5.74, 6) is 2.08. The van der Waals surface area contributed by atoms with Crippen molar-refractivity contribution in [1.29, 1.82) is 0 Å². The second-order valence-electron chi connectivity index (χ2n) is 5.77. The van der Waals surface area contributed by atoms with E-state index in [9.17, 15) is 0 Å². The fourth-order valence-corrected chi connectivity index (χ4v) is 3.45. The van der Waals surface area contributed by atoms with Gasteiger partial charge in [0.05, 0.1) is 6.04 Å². The molecule has 1 aromatic heterocycles. The molecule has 106 valence electrons. The third-order valence-corrected chi connectivity index (χ3v) is 4.41. The number of nitrogens with zero attached hydrogens (tertiary/aromatic N) is 3. The van der Waals surface area contributed by atoms with Crippen LogP contribution in [0.25, 0.3) is 0 Å². The van der Waals surface area contributed by atoms with Gasteiger partial charge in [0, 0.05) is 12.5 Å². The molecule has 1 atom stereocenters. The average Bonchev–Trinajstić information content (AvgIpc) is 3.08. The Morgan fingerprint density at radius 3 is 2.89 bits per heavy atom. The highest BCUT2D eigenvalue weighted by Crippen LogP contribution is 2.33. The van der Waals surface area contributed by atoms with E-state index in [-0.39, 0.29) is 0 Å². The molecule has 2 fully saturated rings. The smallest absolute Gasteiger partial charge is 0.167 e. The van der Waals surface area contributed by atoms with E-state index in [0.29, 0.717) is 6.04 Å². The van der Waals surface area contributed by atoms with Crippen LogP contribution in [0.4, 0.5) is 0 Å². The van der Waals surface area contributed by atoms with Gasteiger partial charge >= 0.3 is 0 Å². The highest BCUT2D eigenvalue weighted by molar-refractivity contribution is 5.02. The van der Waals surface area contributed by atoms with Crippen LogP contribution in [0, 0.1) is 0 Å². The lowest BCUT2D eigenvalue weighted by atomic mass is 10.0. The van der Waals surface area contributed by atoms with Gasteiger partial charge in [0.2, 0.25) is 0 Å². The Bertz CT molecular complexity index is 396. The maximum Gasteiger partial charge on any atom is 0.167 e. The fourth-order valence-electron chi connectivity index (χ4n) is 3.45. The van der Waals surface area contributed by atoms with Gasteiger partial charge in [-0.25, -0.2) is 4.98 Å². The number of aryl methyl sites for hydroxylation is 1. The van der Waals surface area contributed by atoms with Crippen molar-refractivity contribution in [2.75, 3.05) is 19.6 Å². The average molecular weight is 263 g/mol. The van der Waals surface area contributed by atoms with Gasteiger partial charge in [-0.3, -0.25) is 10.00 Å². The lowest BCUT2D eigenvalue weighted by molar-refractivity contribution is 0.143. The monoisotopic (exact) mass is 263 g/mol. The Morgan fingerprint density at radius 1 is 1.26 bits per heavy atom. The van der Waals surface area contributed by atoms with Crippen LogP contribution >= 0.6 is 0 Å². The SMILES string of the molecule is CCCc1nc(C2CCCN2C2CCNCC2)n[nH]1. The van der Waals surface area contributed by atoms with E-state index in [1.807, 2.05) is 0 Å². The van der Waals surface area contributed by atoms with Gasteiger partial charge in [-0.2, -0.15) is 5.10 Å². The summed E-state index contributed by atoms with van der Waals surface area (Å²) in [4.78, 5) is 7.36. The van der Waals surface area contributed by atoms with Gasteiger partial charge in [0.25, 0.3) is 0 Å². The van der Waals surface area contributed by atoms with Crippen LogP contribution in [-0.4, -0.2) is 45.8 Å². The topological polar surface area (TPSA) is 56.8 Å². The highest BCUT2D eigenvalue weighted by atomic mass is 15.3. The minimum atomic E-state index is 0.449. The number of H-pyrrole nitrogens is 1. The molecule has 1 aromatic rings. The number of aromatic nitrogens is 3. The number of rotatable bonds is 4. The molecule has 0 amide bonds. The summed E-state index contributed by atoms with van der Waals surface area (Å²) in [6.07, 6.45) is 7.16. The van der Waals surface area contributed by atoms with Crippen molar-refractivity contribution in [2.45, 2.75) is 57.5 Å². The molecular formula is C14H25N5. The number of hydrogen-bond acceptors (Lipinski definition) is 4. The van der Waals surface area contributed by atoms with Crippen LogP contribution in [0.15, 0.2) is 0 Å². The predicted octanol–water partition coefficient (Wildman–Crippen LogP) is 1.65. The number of hydrogen-bond donors (Lipinski definition) is 2. The summed E-state index contributed by atoms with van der Waals surface area (Å²) in [7, 11) is 0. The first-order chi connectivity index (χ1) is 9.38. The van der Waals surface area contributed by atoms with Crippen LogP contribution in [0.3, 0.4) is 0 Å². The van der Waals surface area contributed by atoms with E-state index in [1.165, 1.54) is 32.2 Å². The van der Waals surface area contributed by atoms with Crippen molar-refractivity contribution >= 4 is 0 Å². The number of piperidine rings is 1. The van der Waals surface area contributed by atoms with Crippen LogP contribution in [0.5, 0.6) is 0 Å². The number of nitrogens with one attached hydrogen (secondary N) is 2. The normalized spacial score (nSPS) is 26.1. The zero-order valence-corrected chi connectivity index (χ0v) is 11.9. The Morgan fingerprint density at radius 2 is 2.11 bits per heavy atom. The lowest BCUT2D eigenvalue weighted by Gasteiger charge is -2.34. The minimum Gasteiger partial charge on any atom is -0.317 e. The van der Waals surface area contributed by atoms with E-state index in [0.717, 1.165) is 43.6 Å². The lowest BCUT2D eigenvalue weighted by Crippen LogP contribution is -2.42. The van der Waals surface area contributed by atoms with E-state index < -0.39 is 0 Å². The van der Waals surface area contributed by atoms with Crippen molar-refractivity contribution < 1.29 is 0 Å². The largest absolute Gasteiger partial charge is 0.317 e. The van der Waals surface area contributed by atoms with E-state index in [2.05, 4.69) is 27.3 Å². The van der Waals surface area contributed by atoms with Gasteiger partial charge in [0.15, 0.2) is 5.82 Å². The summed E-state index contributed by atoms with van der Waals surface area (Å²) in [6, 6.07) is 1.17. The molecule has 5 heteroatoms. The van der Waals surface area contributed by atoms with Crippen molar-refractivity contribution in [2.24, 2.45) is 0 Å².